The molecule has 3 unspecified atom stereocenters. The van der Waals surface area contributed by atoms with Gasteiger partial charge in [0.05, 0.1) is 6.10 Å². The van der Waals surface area contributed by atoms with Crippen LogP contribution in [0.1, 0.15) is 32.6 Å². The molecule has 2 saturated heterocycles. The van der Waals surface area contributed by atoms with Gasteiger partial charge in [-0.1, -0.05) is 6.42 Å². The van der Waals surface area contributed by atoms with Gasteiger partial charge in [-0.25, -0.2) is 0 Å². The molecule has 0 amide bonds. The first kappa shape index (κ1) is 10.8. The minimum atomic E-state index is 0.476. The molecule has 2 rings (SSSR count). The fraction of sp³-hybridized carbons (Fsp3) is 1.00. The summed E-state index contributed by atoms with van der Waals surface area (Å²) in [6, 6.07) is 0.765. The highest BCUT2D eigenvalue weighted by atomic mass is 32.2. The van der Waals surface area contributed by atoms with Gasteiger partial charge in [0.15, 0.2) is 0 Å². The summed E-state index contributed by atoms with van der Waals surface area (Å²) >= 11 is 2.11. The van der Waals surface area contributed by atoms with Gasteiger partial charge in [-0.15, -0.1) is 0 Å². The minimum absolute atomic E-state index is 0.476. The number of rotatable bonds is 3. The van der Waals surface area contributed by atoms with Crippen molar-refractivity contribution in [1.29, 1.82) is 0 Å². The Kier molecular flexibility index (Phi) is 4.14. The number of ether oxygens (including phenoxy) is 1. The summed E-state index contributed by atoms with van der Waals surface area (Å²) in [6.45, 7) is 4.40. The summed E-state index contributed by atoms with van der Waals surface area (Å²) in [5.41, 5.74) is 0. The number of nitrogens with one attached hydrogen (secondary N) is 1. The fourth-order valence-corrected chi connectivity index (χ4v) is 3.61. The second kappa shape index (κ2) is 5.38. The Hall–Kier alpha value is 0.270. The summed E-state index contributed by atoms with van der Waals surface area (Å²) in [7, 11) is 0. The summed E-state index contributed by atoms with van der Waals surface area (Å²) in [6.07, 6.45) is 5.87. The third-order valence-corrected chi connectivity index (χ3v) is 4.87. The normalized spacial score (nSPS) is 38.8. The molecule has 14 heavy (non-hydrogen) atoms. The Morgan fingerprint density at radius 2 is 2.29 bits per heavy atom. The van der Waals surface area contributed by atoms with Crippen molar-refractivity contribution in [3.05, 3.63) is 0 Å². The largest absolute Gasteiger partial charge is 0.377 e. The third kappa shape index (κ3) is 2.88. The Morgan fingerprint density at radius 3 is 2.93 bits per heavy atom. The van der Waals surface area contributed by atoms with E-state index in [0.717, 1.165) is 17.9 Å². The standard InChI is InChI=1S/C11H21NOS/c1-9-11(5-7-13-9)14-8-10-4-2-3-6-12-10/h9-12H,2-8H2,1H3. The van der Waals surface area contributed by atoms with Gasteiger partial charge in [0.25, 0.3) is 0 Å². The first-order valence-corrected chi connectivity index (χ1v) is 6.88. The van der Waals surface area contributed by atoms with Crippen LogP contribution >= 0.6 is 11.8 Å². The van der Waals surface area contributed by atoms with E-state index in [-0.39, 0.29) is 0 Å². The van der Waals surface area contributed by atoms with Crippen LogP contribution < -0.4 is 5.32 Å². The molecule has 0 spiro atoms. The van der Waals surface area contributed by atoms with E-state index in [9.17, 15) is 0 Å². The van der Waals surface area contributed by atoms with Crippen molar-refractivity contribution in [2.75, 3.05) is 18.9 Å². The van der Waals surface area contributed by atoms with Gasteiger partial charge in [-0.05, 0) is 32.7 Å². The maximum Gasteiger partial charge on any atom is 0.0666 e. The van der Waals surface area contributed by atoms with Crippen LogP contribution in [0.3, 0.4) is 0 Å². The van der Waals surface area contributed by atoms with Crippen molar-refractivity contribution >= 4 is 11.8 Å². The summed E-state index contributed by atoms with van der Waals surface area (Å²) < 4.78 is 5.56. The smallest absolute Gasteiger partial charge is 0.0666 e. The first-order valence-electron chi connectivity index (χ1n) is 5.83. The lowest BCUT2D eigenvalue weighted by atomic mass is 10.1. The highest BCUT2D eigenvalue weighted by Gasteiger charge is 2.25. The predicted octanol–water partition coefficient (Wildman–Crippen LogP) is 2.04. The van der Waals surface area contributed by atoms with Gasteiger partial charge in [0.2, 0.25) is 0 Å². The molecule has 0 bridgehead atoms. The Morgan fingerprint density at radius 1 is 1.36 bits per heavy atom. The summed E-state index contributed by atoms with van der Waals surface area (Å²) in [4.78, 5) is 0. The van der Waals surface area contributed by atoms with E-state index < -0.39 is 0 Å². The highest BCUT2D eigenvalue weighted by Crippen LogP contribution is 2.27. The average molecular weight is 215 g/mol. The maximum absolute atomic E-state index is 5.56. The van der Waals surface area contributed by atoms with Crippen LogP contribution in [0.25, 0.3) is 0 Å². The number of hydrogen-bond acceptors (Lipinski definition) is 3. The van der Waals surface area contributed by atoms with Gasteiger partial charge in [-0.2, -0.15) is 11.8 Å². The number of piperidine rings is 1. The zero-order chi connectivity index (χ0) is 9.80. The topological polar surface area (TPSA) is 21.3 Å². The van der Waals surface area contributed by atoms with E-state index in [0.29, 0.717) is 6.10 Å². The van der Waals surface area contributed by atoms with Crippen molar-refractivity contribution < 1.29 is 4.74 Å². The third-order valence-electron chi connectivity index (χ3n) is 3.23. The molecule has 1 N–H and O–H groups in total. The van der Waals surface area contributed by atoms with Gasteiger partial charge < -0.3 is 10.1 Å². The lowest BCUT2D eigenvalue weighted by molar-refractivity contribution is 0.127. The van der Waals surface area contributed by atoms with Crippen LogP contribution in [0, 0.1) is 0 Å². The van der Waals surface area contributed by atoms with E-state index in [1.807, 2.05) is 0 Å². The molecular formula is C11H21NOS. The zero-order valence-corrected chi connectivity index (χ0v) is 9.81. The Bertz CT molecular complexity index is 171. The van der Waals surface area contributed by atoms with Crippen LogP contribution in [0.4, 0.5) is 0 Å². The monoisotopic (exact) mass is 215 g/mol. The van der Waals surface area contributed by atoms with Gasteiger partial charge >= 0.3 is 0 Å². The van der Waals surface area contributed by atoms with Crippen LogP contribution in [0.5, 0.6) is 0 Å². The van der Waals surface area contributed by atoms with Crippen LogP contribution in [-0.4, -0.2) is 36.3 Å². The second-order valence-corrected chi connectivity index (χ2v) is 5.66. The maximum atomic E-state index is 5.56. The number of thioether (sulfide) groups is 1. The van der Waals surface area contributed by atoms with Crippen LogP contribution in [0.2, 0.25) is 0 Å². The van der Waals surface area contributed by atoms with E-state index >= 15 is 0 Å². The van der Waals surface area contributed by atoms with Crippen molar-refractivity contribution in [3.63, 3.8) is 0 Å². The molecule has 0 aromatic heterocycles. The van der Waals surface area contributed by atoms with Crippen molar-refractivity contribution in [3.8, 4) is 0 Å². The SMILES string of the molecule is CC1OCCC1SCC1CCCCN1. The molecule has 2 nitrogen and oxygen atoms in total. The molecule has 0 saturated carbocycles. The van der Waals surface area contributed by atoms with E-state index in [2.05, 4.69) is 24.0 Å². The van der Waals surface area contributed by atoms with Gasteiger partial charge in [0, 0.05) is 23.7 Å². The van der Waals surface area contributed by atoms with Crippen LogP contribution in [0.15, 0.2) is 0 Å². The molecule has 82 valence electrons. The molecule has 0 radical (unpaired) electrons. The molecule has 2 aliphatic rings. The van der Waals surface area contributed by atoms with Crippen molar-refractivity contribution in [1.82, 2.24) is 5.32 Å². The van der Waals surface area contributed by atoms with E-state index in [1.54, 1.807) is 0 Å². The van der Waals surface area contributed by atoms with E-state index in [4.69, 9.17) is 4.74 Å². The molecular weight excluding hydrogens is 194 g/mol. The second-order valence-electron chi connectivity index (χ2n) is 4.38. The van der Waals surface area contributed by atoms with Crippen LogP contribution in [-0.2, 0) is 4.74 Å². The molecule has 2 heterocycles. The Labute approximate surface area is 91.2 Å². The van der Waals surface area contributed by atoms with Gasteiger partial charge in [-0.3, -0.25) is 0 Å². The molecule has 0 aromatic carbocycles. The predicted molar refractivity (Wildman–Crippen MR) is 61.9 cm³/mol. The zero-order valence-electron chi connectivity index (χ0n) is 9.00. The average Bonchev–Trinajstić information content (AvgIpc) is 2.63. The quantitative estimate of drug-likeness (QED) is 0.778. The molecule has 0 aromatic rings. The lowest BCUT2D eigenvalue weighted by Gasteiger charge is -2.24. The highest BCUT2D eigenvalue weighted by molar-refractivity contribution is 8.00. The van der Waals surface area contributed by atoms with Crippen molar-refractivity contribution in [2.45, 2.75) is 50.0 Å². The molecule has 3 heteroatoms. The van der Waals surface area contributed by atoms with E-state index in [1.165, 1.54) is 38.0 Å². The molecule has 2 fully saturated rings. The summed E-state index contributed by atoms with van der Waals surface area (Å²) in [5, 5.41) is 4.35. The Balaban J connectivity index is 1.65. The molecule has 2 aliphatic heterocycles. The van der Waals surface area contributed by atoms with Crippen molar-refractivity contribution in [2.24, 2.45) is 0 Å². The molecule has 3 atom stereocenters. The molecule has 0 aliphatic carbocycles. The summed E-state index contributed by atoms with van der Waals surface area (Å²) in [5.74, 6) is 1.28. The minimum Gasteiger partial charge on any atom is -0.377 e. The lowest BCUT2D eigenvalue weighted by Crippen LogP contribution is -2.36. The van der Waals surface area contributed by atoms with Gasteiger partial charge in [0.1, 0.15) is 0 Å². The first-order chi connectivity index (χ1) is 6.86. The number of hydrogen-bond donors (Lipinski definition) is 1. The fourth-order valence-electron chi connectivity index (χ4n) is 2.24.